The van der Waals surface area contributed by atoms with Gasteiger partial charge < -0.3 is 21.3 Å². The molecule has 3 N–H and O–H groups in total. The number of nitrogens with one attached hydrogen (secondary N) is 2. The van der Waals surface area contributed by atoms with Crippen LogP contribution in [-0.4, -0.2) is 24.8 Å². The highest BCUT2D eigenvalue weighted by molar-refractivity contribution is 5.19. The standard InChI is InChI=1S/C8H17N3O/c1-8(2,10-4)6-5-7(9-3)11-12/h5-6,10-12H,1-4H3/q-2. The van der Waals surface area contributed by atoms with Gasteiger partial charge in [-0.15, -0.1) is 0 Å². The van der Waals surface area contributed by atoms with Crippen LogP contribution in [0.2, 0.25) is 0 Å². The number of hydrogen-bond donors (Lipinski definition) is 3. The van der Waals surface area contributed by atoms with E-state index in [0.29, 0.717) is 5.82 Å². The van der Waals surface area contributed by atoms with E-state index in [4.69, 9.17) is 5.21 Å². The lowest BCUT2D eigenvalue weighted by Gasteiger charge is -2.32. The molecule has 0 atom stereocenters. The molecule has 0 aliphatic rings. The smallest absolute Gasteiger partial charge is 0.0172 e. The van der Waals surface area contributed by atoms with Gasteiger partial charge >= 0.3 is 0 Å². The van der Waals surface area contributed by atoms with Gasteiger partial charge in [0, 0.05) is 0 Å². The van der Waals surface area contributed by atoms with Crippen LogP contribution in [0.4, 0.5) is 0 Å². The molecule has 0 rings (SSSR count). The summed E-state index contributed by atoms with van der Waals surface area (Å²) < 4.78 is 0. The molecule has 4 heteroatoms. The molecule has 12 heavy (non-hydrogen) atoms. The van der Waals surface area contributed by atoms with Gasteiger partial charge in [-0.2, -0.15) is 0 Å². The van der Waals surface area contributed by atoms with Crippen molar-refractivity contribution in [3.8, 4) is 0 Å². The van der Waals surface area contributed by atoms with Gasteiger partial charge in [-0.25, -0.2) is 18.3 Å². The van der Waals surface area contributed by atoms with Crippen molar-refractivity contribution in [2.24, 2.45) is 0 Å². The Morgan fingerprint density at radius 1 is 1.58 bits per heavy atom. The van der Waals surface area contributed by atoms with E-state index in [1.54, 1.807) is 13.1 Å². The Kier molecular flexibility index (Phi) is 4.54. The second-order valence-electron chi connectivity index (χ2n) is 3.03. The lowest BCUT2D eigenvalue weighted by Crippen LogP contribution is -2.36. The minimum atomic E-state index is -0.0905. The summed E-state index contributed by atoms with van der Waals surface area (Å²) in [6, 6.07) is 0. The maximum Gasteiger partial charge on any atom is -0.0172 e. The molecule has 0 fully saturated rings. The van der Waals surface area contributed by atoms with E-state index in [0.717, 1.165) is 0 Å². The summed E-state index contributed by atoms with van der Waals surface area (Å²) in [4.78, 5) is 0. The van der Waals surface area contributed by atoms with Crippen molar-refractivity contribution >= 4 is 0 Å². The Bertz CT molecular complexity index is 148. The zero-order chi connectivity index (χ0) is 9.61. The summed E-state index contributed by atoms with van der Waals surface area (Å²) in [5.41, 5.74) is 1.89. The third-order valence-corrected chi connectivity index (χ3v) is 1.66. The molecule has 0 aromatic carbocycles. The van der Waals surface area contributed by atoms with Crippen molar-refractivity contribution in [3.05, 3.63) is 23.6 Å². The van der Waals surface area contributed by atoms with Gasteiger partial charge in [-0.05, 0) is 12.6 Å². The summed E-state index contributed by atoms with van der Waals surface area (Å²) in [6.45, 7) is 4.04. The van der Waals surface area contributed by atoms with Crippen molar-refractivity contribution in [2.45, 2.75) is 19.4 Å². The Labute approximate surface area is 74.0 Å². The summed E-state index contributed by atoms with van der Waals surface area (Å²) >= 11 is 0. The Morgan fingerprint density at radius 3 is 2.50 bits per heavy atom. The summed E-state index contributed by atoms with van der Waals surface area (Å²) in [6.07, 6.45) is 3.63. The fourth-order valence-corrected chi connectivity index (χ4v) is 0.532. The first-order valence-electron chi connectivity index (χ1n) is 3.81. The van der Waals surface area contributed by atoms with Gasteiger partial charge in [0.25, 0.3) is 0 Å². The van der Waals surface area contributed by atoms with E-state index in [1.807, 2.05) is 32.8 Å². The van der Waals surface area contributed by atoms with Crippen molar-refractivity contribution in [1.82, 2.24) is 10.8 Å². The first kappa shape index (κ1) is 11.1. The van der Waals surface area contributed by atoms with Crippen LogP contribution >= 0.6 is 0 Å². The van der Waals surface area contributed by atoms with E-state index in [1.165, 1.54) is 0 Å². The average Bonchev–Trinajstić information content (AvgIpc) is 2.06. The van der Waals surface area contributed by atoms with E-state index in [9.17, 15) is 0 Å². The third-order valence-electron chi connectivity index (χ3n) is 1.66. The SMILES string of the molecule is C[N-]C(=C[CH-]C(C)(C)NC)NO. The Morgan fingerprint density at radius 2 is 2.17 bits per heavy atom. The molecule has 4 nitrogen and oxygen atoms in total. The highest BCUT2D eigenvalue weighted by atomic mass is 16.5. The zero-order valence-corrected chi connectivity index (χ0v) is 8.05. The molecule has 0 aromatic heterocycles. The monoisotopic (exact) mass is 171 g/mol. The molecule has 0 saturated heterocycles. The molecular weight excluding hydrogens is 154 g/mol. The van der Waals surface area contributed by atoms with Gasteiger partial charge in [0.1, 0.15) is 0 Å². The van der Waals surface area contributed by atoms with Crippen molar-refractivity contribution in [3.63, 3.8) is 0 Å². The fraction of sp³-hybridized carbons (Fsp3) is 0.625. The molecule has 0 saturated carbocycles. The van der Waals surface area contributed by atoms with Gasteiger partial charge in [0.2, 0.25) is 0 Å². The molecule has 0 heterocycles. The molecule has 0 amide bonds. The topological polar surface area (TPSA) is 58.4 Å². The second-order valence-corrected chi connectivity index (χ2v) is 3.03. The lowest BCUT2D eigenvalue weighted by molar-refractivity contribution is 0.203. The summed E-state index contributed by atoms with van der Waals surface area (Å²) in [5, 5.41) is 15.4. The van der Waals surface area contributed by atoms with Crippen LogP contribution in [0.3, 0.4) is 0 Å². The van der Waals surface area contributed by atoms with E-state index in [2.05, 4.69) is 10.6 Å². The molecule has 0 aliphatic carbocycles. The van der Waals surface area contributed by atoms with Gasteiger partial charge in [-0.1, -0.05) is 20.9 Å². The largest absolute Gasteiger partial charge is 0.560 e. The first-order chi connectivity index (χ1) is 5.55. The molecule has 0 unspecified atom stereocenters. The van der Waals surface area contributed by atoms with E-state index in [-0.39, 0.29) is 5.54 Å². The first-order valence-corrected chi connectivity index (χ1v) is 3.81. The van der Waals surface area contributed by atoms with Crippen LogP contribution < -0.4 is 10.8 Å². The molecule has 0 spiro atoms. The second kappa shape index (κ2) is 4.90. The predicted octanol–water partition coefficient (Wildman–Crippen LogP) is 1.01. The van der Waals surface area contributed by atoms with Crippen LogP contribution in [-0.2, 0) is 0 Å². The number of rotatable bonds is 5. The van der Waals surface area contributed by atoms with E-state index < -0.39 is 0 Å². The fourth-order valence-electron chi connectivity index (χ4n) is 0.532. The van der Waals surface area contributed by atoms with Gasteiger partial charge in [0.15, 0.2) is 0 Å². The molecule has 0 aromatic rings. The van der Waals surface area contributed by atoms with Crippen LogP contribution in [0.25, 0.3) is 5.32 Å². The van der Waals surface area contributed by atoms with Crippen LogP contribution in [0.15, 0.2) is 11.9 Å². The summed E-state index contributed by atoms with van der Waals surface area (Å²) in [5.74, 6) is 0.443. The van der Waals surface area contributed by atoms with Crippen molar-refractivity contribution in [1.29, 1.82) is 0 Å². The van der Waals surface area contributed by atoms with Gasteiger partial charge in [-0.3, -0.25) is 0 Å². The molecule has 0 bridgehead atoms. The molecular formula is C8H17N3O-2. The number of nitrogens with zero attached hydrogens (tertiary/aromatic N) is 1. The molecule has 0 radical (unpaired) electrons. The summed E-state index contributed by atoms with van der Waals surface area (Å²) in [7, 11) is 3.48. The van der Waals surface area contributed by atoms with Crippen LogP contribution in [0.5, 0.6) is 0 Å². The minimum absolute atomic E-state index is 0.0905. The van der Waals surface area contributed by atoms with Crippen LogP contribution in [0, 0.1) is 6.42 Å². The molecule has 72 valence electrons. The quantitative estimate of drug-likeness (QED) is 0.427. The van der Waals surface area contributed by atoms with Crippen molar-refractivity contribution in [2.75, 3.05) is 14.1 Å². The highest BCUT2D eigenvalue weighted by Crippen LogP contribution is 2.09. The Hall–Kier alpha value is -0.870. The highest BCUT2D eigenvalue weighted by Gasteiger charge is 2.04. The predicted molar refractivity (Wildman–Crippen MR) is 49.7 cm³/mol. The third kappa shape index (κ3) is 4.10. The van der Waals surface area contributed by atoms with E-state index >= 15 is 0 Å². The maximum atomic E-state index is 8.54. The average molecular weight is 171 g/mol. The van der Waals surface area contributed by atoms with Gasteiger partial charge in [0.05, 0.1) is 0 Å². The minimum Gasteiger partial charge on any atom is -0.560 e. The lowest BCUT2D eigenvalue weighted by atomic mass is 10.0. The normalized spacial score (nSPS) is 12.6. The number of hydrogen-bond acceptors (Lipinski definition) is 3. The Balaban J connectivity index is 4.00. The maximum absolute atomic E-state index is 8.54. The molecule has 0 aliphatic heterocycles. The van der Waals surface area contributed by atoms with Crippen molar-refractivity contribution < 1.29 is 5.21 Å². The van der Waals surface area contributed by atoms with Crippen LogP contribution in [0.1, 0.15) is 13.8 Å². The zero-order valence-electron chi connectivity index (χ0n) is 8.05. The number of hydroxylamine groups is 1.